The first-order chi connectivity index (χ1) is 14.0. The Hall–Kier alpha value is -3.37. The van der Waals surface area contributed by atoms with Crippen LogP contribution in [0.1, 0.15) is 22.3 Å². The predicted molar refractivity (Wildman–Crippen MR) is 121 cm³/mol. The third-order valence-electron chi connectivity index (χ3n) is 4.98. The van der Waals surface area contributed by atoms with Gasteiger partial charge in [-0.15, -0.1) is 0 Å². The minimum absolute atomic E-state index is 0.0847. The fourth-order valence-electron chi connectivity index (χ4n) is 3.57. The topological polar surface area (TPSA) is 44.4 Å². The van der Waals surface area contributed by atoms with E-state index in [1.807, 2.05) is 24.3 Å². The molecular formula is C25H25N3O. The van der Waals surface area contributed by atoms with Crippen molar-refractivity contribution < 1.29 is 4.79 Å². The first-order valence-corrected chi connectivity index (χ1v) is 9.74. The van der Waals surface area contributed by atoms with Gasteiger partial charge in [-0.05, 0) is 50.3 Å². The fraction of sp³-hybridized carbons (Fsp3) is 0.160. The third-order valence-corrected chi connectivity index (χ3v) is 4.98. The first-order valence-electron chi connectivity index (χ1n) is 9.74. The summed E-state index contributed by atoms with van der Waals surface area (Å²) >= 11 is 0. The molecule has 1 aliphatic heterocycles. The van der Waals surface area contributed by atoms with E-state index in [0.717, 1.165) is 34.7 Å². The molecule has 0 spiro atoms. The normalized spacial score (nSPS) is 14.6. The molecule has 0 aromatic heterocycles. The van der Waals surface area contributed by atoms with E-state index < -0.39 is 0 Å². The summed E-state index contributed by atoms with van der Waals surface area (Å²) in [5, 5.41) is 6.50. The molecule has 29 heavy (non-hydrogen) atoms. The molecule has 2 N–H and O–H groups in total. The largest absolute Gasteiger partial charge is 0.354 e. The van der Waals surface area contributed by atoms with Crippen molar-refractivity contribution >= 4 is 28.6 Å². The van der Waals surface area contributed by atoms with E-state index in [1.54, 1.807) is 0 Å². The van der Waals surface area contributed by atoms with Crippen LogP contribution in [0.15, 0.2) is 72.8 Å². The van der Waals surface area contributed by atoms with Crippen molar-refractivity contribution in [1.29, 1.82) is 0 Å². The Morgan fingerprint density at radius 2 is 1.62 bits per heavy atom. The Bertz CT molecular complexity index is 1060. The molecule has 0 bridgehead atoms. The maximum Gasteiger partial charge on any atom is 0.258 e. The van der Waals surface area contributed by atoms with E-state index in [4.69, 9.17) is 0 Å². The second kappa shape index (κ2) is 7.94. The summed E-state index contributed by atoms with van der Waals surface area (Å²) < 4.78 is 0. The molecule has 1 heterocycles. The van der Waals surface area contributed by atoms with Gasteiger partial charge in [-0.2, -0.15) is 0 Å². The number of benzene rings is 3. The average molecular weight is 383 g/mol. The second-order valence-electron chi connectivity index (χ2n) is 7.68. The minimum atomic E-state index is -0.0847. The maximum atomic E-state index is 12.9. The standard InChI is InChI=1S/C25H25N3O/c1-17-8-12-19(13-9-17)24(23-21-6-4-5-7-22(21)27-25(23)29)26-20-14-10-18(11-15-20)16-28(2)3/h4-15,26H,16H2,1-3H3,(H,27,29)/b24-23-. The molecule has 1 aliphatic rings. The number of carbonyl (C=O) groups is 1. The van der Waals surface area contributed by atoms with Crippen molar-refractivity contribution in [2.45, 2.75) is 13.5 Å². The van der Waals surface area contributed by atoms with Gasteiger partial charge in [0.15, 0.2) is 0 Å². The van der Waals surface area contributed by atoms with Crippen LogP contribution in [0, 0.1) is 6.92 Å². The molecule has 0 fully saturated rings. The Balaban J connectivity index is 1.78. The Labute approximate surface area is 171 Å². The number of hydrogen-bond donors (Lipinski definition) is 2. The molecule has 0 radical (unpaired) electrons. The van der Waals surface area contributed by atoms with Gasteiger partial charge in [-0.1, -0.05) is 60.2 Å². The first kappa shape index (κ1) is 19.0. The number of nitrogens with one attached hydrogen (secondary N) is 2. The van der Waals surface area contributed by atoms with Crippen molar-refractivity contribution in [3.05, 3.63) is 95.1 Å². The highest BCUT2D eigenvalue weighted by Crippen LogP contribution is 2.37. The average Bonchev–Trinajstić information content (AvgIpc) is 3.03. The zero-order valence-corrected chi connectivity index (χ0v) is 17.0. The lowest BCUT2D eigenvalue weighted by atomic mass is 9.99. The van der Waals surface area contributed by atoms with E-state index in [0.29, 0.717) is 5.57 Å². The van der Waals surface area contributed by atoms with Gasteiger partial charge in [0.1, 0.15) is 0 Å². The zero-order valence-electron chi connectivity index (χ0n) is 17.0. The van der Waals surface area contributed by atoms with Crippen LogP contribution < -0.4 is 10.6 Å². The van der Waals surface area contributed by atoms with Gasteiger partial charge in [0.05, 0.1) is 11.3 Å². The van der Waals surface area contributed by atoms with E-state index >= 15 is 0 Å². The van der Waals surface area contributed by atoms with Crippen molar-refractivity contribution in [2.24, 2.45) is 0 Å². The van der Waals surface area contributed by atoms with Crippen LogP contribution in [0.4, 0.5) is 11.4 Å². The minimum Gasteiger partial charge on any atom is -0.354 e. The Morgan fingerprint density at radius 3 is 2.31 bits per heavy atom. The van der Waals surface area contributed by atoms with Crippen molar-refractivity contribution in [3.63, 3.8) is 0 Å². The van der Waals surface area contributed by atoms with Gasteiger partial charge in [0.25, 0.3) is 5.91 Å². The number of carbonyl (C=O) groups excluding carboxylic acids is 1. The summed E-state index contributed by atoms with van der Waals surface area (Å²) in [5.41, 5.74) is 7.61. The summed E-state index contributed by atoms with van der Waals surface area (Å²) in [5.74, 6) is -0.0847. The number of rotatable bonds is 5. The molecule has 1 amide bonds. The monoisotopic (exact) mass is 383 g/mol. The van der Waals surface area contributed by atoms with Gasteiger partial charge in [-0.3, -0.25) is 4.79 Å². The van der Waals surface area contributed by atoms with Crippen LogP contribution >= 0.6 is 0 Å². The maximum absolute atomic E-state index is 12.9. The number of anilines is 2. The van der Waals surface area contributed by atoms with E-state index in [9.17, 15) is 4.79 Å². The fourth-order valence-corrected chi connectivity index (χ4v) is 3.57. The molecular weight excluding hydrogens is 358 g/mol. The molecule has 0 unspecified atom stereocenters. The van der Waals surface area contributed by atoms with E-state index in [1.165, 1.54) is 11.1 Å². The number of hydrogen-bond acceptors (Lipinski definition) is 3. The molecule has 4 nitrogen and oxygen atoms in total. The molecule has 0 aliphatic carbocycles. The lowest BCUT2D eigenvalue weighted by Gasteiger charge is -2.16. The second-order valence-corrected chi connectivity index (χ2v) is 7.68. The number of para-hydroxylation sites is 1. The molecule has 146 valence electrons. The summed E-state index contributed by atoms with van der Waals surface area (Å²) in [4.78, 5) is 15.0. The summed E-state index contributed by atoms with van der Waals surface area (Å²) in [7, 11) is 4.12. The number of fused-ring (bicyclic) bond motifs is 1. The quantitative estimate of drug-likeness (QED) is 0.610. The highest BCUT2D eigenvalue weighted by Gasteiger charge is 2.28. The van der Waals surface area contributed by atoms with Crippen LogP contribution in [0.2, 0.25) is 0 Å². The SMILES string of the molecule is Cc1ccc(/C(Nc2ccc(CN(C)C)cc2)=C2/C(=O)Nc3ccccc32)cc1. The molecule has 0 atom stereocenters. The van der Waals surface area contributed by atoms with Crippen molar-refractivity contribution in [1.82, 2.24) is 4.90 Å². The van der Waals surface area contributed by atoms with E-state index in [2.05, 4.69) is 85.1 Å². The third kappa shape index (κ3) is 4.08. The van der Waals surface area contributed by atoms with Crippen LogP contribution in [0.5, 0.6) is 0 Å². The molecule has 4 heteroatoms. The van der Waals surface area contributed by atoms with Gasteiger partial charge < -0.3 is 15.5 Å². The smallest absolute Gasteiger partial charge is 0.258 e. The lowest BCUT2D eigenvalue weighted by molar-refractivity contribution is -0.110. The van der Waals surface area contributed by atoms with Gasteiger partial charge in [-0.25, -0.2) is 0 Å². The Morgan fingerprint density at radius 1 is 0.931 bits per heavy atom. The molecule has 4 rings (SSSR count). The number of nitrogens with zero attached hydrogens (tertiary/aromatic N) is 1. The van der Waals surface area contributed by atoms with Crippen molar-refractivity contribution in [3.8, 4) is 0 Å². The summed E-state index contributed by atoms with van der Waals surface area (Å²) in [6, 6.07) is 24.4. The Kier molecular flexibility index (Phi) is 5.19. The zero-order chi connectivity index (χ0) is 20.4. The van der Waals surface area contributed by atoms with Crippen LogP contribution in [0.3, 0.4) is 0 Å². The van der Waals surface area contributed by atoms with Crippen LogP contribution in [0.25, 0.3) is 11.3 Å². The number of aryl methyl sites for hydroxylation is 1. The van der Waals surface area contributed by atoms with Gasteiger partial charge in [0.2, 0.25) is 0 Å². The lowest BCUT2D eigenvalue weighted by Crippen LogP contribution is -2.11. The van der Waals surface area contributed by atoms with E-state index in [-0.39, 0.29) is 5.91 Å². The van der Waals surface area contributed by atoms with Crippen LogP contribution in [-0.2, 0) is 11.3 Å². The van der Waals surface area contributed by atoms with Crippen LogP contribution in [-0.4, -0.2) is 24.9 Å². The summed E-state index contributed by atoms with van der Waals surface area (Å²) in [6.07, 6.45) is 0. The molecule has 3 aromatic rings. The highest BCUT2D eigenvalue weighted by molar-refractivity contribution is 6.37. The molecule has 0 saturated heterocycles. The van der Waals surface area contributed by atoms with Gasteiger partial charge >= 0.3 is 0 Å². The highest BCUT2D eigenvalue weighted by atomic mass is 16.2. The van der Waals surface area contributed by atoms with Crippen molar-refractivity contribution in [2.75, 3.05) is 24.7 Å². The number of amides is 1. The molecule has 0 saturated carbocycles. The summed E-state index contributed by atoms with van der Waals surface area (Å²) in [6.45, 7) is 2.95. The van der Waals surface area contributed by atoms with Gasteiger partial charge in [0, 0.05) is 23.5 Å². The molecule has 3 aromatic carbocycles. The predicted octanol–water partition coefficient (Wildman–Crippen LogP) is 4.99.